The van der Waals surface area contributed by atoms with Crippen LogP contribution in [-0.2, 0) is 13.0 Å². The molecule has 0 saturated heterocycles. The van der Waals surface area contributed by atoms with Gasteiger partial charge in [0.1, 0.15) is 17.5 Å². The Morgan fingerprint density at radius 1 is 1.30 bits per heavy atom. The molecule has 27 heavy (non-hydrogen) atoms. The number of carbonyl (C=O) groups excluding carboxylic acids is 1. The van der Waals surface area contributed by atoms with Crippen LogP contribution in [-0.4, -0.2) is 37.4 Å². The van der Waals surface area contributed by atoms with E-state index in [1.807, 2.05) is 0 Å². The lowest BCUT2D eigenvalue weighted by molar-refractivity contribution is 0.0949. The summed E-state index contributed by atoms with van der Waals surface area (Å²) in [7, 11) is 0. The Hall–Kier alpha value is -3.43. The van der Waals surface area contributed by atoms with Crippen LogP contribution in [0.1, 0.15) is 27.6 Å². The maximum Gasteiger partial charge on any atom is 0.273 e. The van der Waals surface area contributed by atoms with Gasteiger partial charge in [-0.25, -0.2) is 18.4 Å². The monoisotopic (exact) mass is 374 g/mol. The fourth-order valence-corrected chi connectivity index (χ4v) is 2.47. The molecule has 3 rings (SSSR count). The van der Waals surface area contributed by atoms with E-state index < -0.39 is 17.5 Å². The molecule has 0 unspecified atom stereocenters. The minimum absolute atomic E-state index is 0.0115. The van der Waals surface area contributed by atoms with Crippen LogP contribution in [0.2, 0.25) is 0 Å². The number of benzene rings is 1. The molecule has 8 nitrogen and oxygen atoms in total. The Morgan fingerprint density at radius 3 is 2.74 bits per heavy atom. The molecule has 0 atom stereocenters. The van der Waals surface area contributed by atoms with Crippen molar-refractivity contribution in [3.8, 4) is 0 Å². The molecule has 0 saturated carbocycles. The molecule has 1 amide bonds. The minimum atomic E-state index is -0.698. The zero-order chi connectivity index (χ0) is 19.4. The topological polar surface area (TPSA) is 106 Å². The number of hydrogen-bond acceptors (Lipinski definition) is 5. The summed E-state index contributed by atoms with van der Waals surface area (Å²) in [4.78, 5) is 30.2. The fraction of sp³-hybridized carbons (Fsp3) is 0.235. The number of nitrogens with zero attached hydrogens (tertiary/aromatic N) is 4. The lowest BCUT2D eigenvalue weighted by Gasteiger charge is -2.04. The Kier molecular flexibility index (Phi) is 5.34. The fourth-order valence-electron chi connectivity index (χ4n) is 2.47. The molecule has 2 heterocycles. The largest absolute Gasteiger partial charge is 0.350 e. The van der Waals surface area contributed by atoms with Gasteiger partial charge in [-0.2, -0.15) is 0 Å². The second kappa shape index (κ2) is 7.85. The molecule has 2 N–H and O–H groups in total. The van der Waals surface area contributed by atoms with Gasteiger partial charge >= 0.3 is 0 Å². The number of hydrogen-bond donors (Lipinski definition) is 2. The van der Waals surface area contributed by atoms with E-state index in [1.54, 1.807) is 6.92 Å². The molecule has 0 fully saturated rings. The van der Waals surface area contributed by atoms with Crippen LogP contribution in [0.4, 0.5) is 8.78 Å². The average Bonchev–Trinajstić information content (AvgIpc) is 3.06. The third kappa shape index (κ3) is 4.60. The number of amides is 1. The normalized spacial score (nSPS) is 10.8. The molecule has 140 valence electrons. The number of aryl methyl sites for hydroxylation is 1. The van der Waals surface area contributed by atoms with Gasteiger partial charge in [0.25, 0.3) is 11.5 Å². The van der Waals surface area contributed by atoms with E-state index in [1.165, 1.54) is 23.0 Å². The van der Waals surface area contributed by atoms with E-state index in [0.717, 1.165) is 12.1 Å². The zero-order valence-electron chi connectivity index (χ0n) is 14.4. The summed E-state index contributed by atoms with van der Waals surface area (Å²) < 4.78 is 28.5. The van der Waals surface area contributed by atoms with E-state index in [9.17, 15) is 18.4 Å². The summed E-state index contributed by atoms with van der Waals surface area (Å²) in [6, 6.07) is 4.93. The van der Waals surface area contributed by atoms with Crippen LogP contribution in [0.15, 0.2) is 35.3 Å². The van der Waals surface area contributed by atoms with Gasteiger partial charge in [0.15, 0.2) is 5.69 Å². The van der Waals surface area contributed by atoms with Crippen molar-refractivity contribution in [2.75, 3.05) is 6.54 Å². The first kappa shape index (κ1) is 18.4. The van der Waals surface area contributed by atoms with E-state index >= 15 is 0 Å². The Labute approximate surface area is 152 Å². The van der Waals surface area contributed by atoms with Gasteiger partial charge in [0.2, 0.25) is 0 Å². The van der Waals surface area contributed by atoms with E-state index in [4.69, 9.17) is 0 Å². The first-order chi connectivity index (χ1) is 12.9. The van der Waals surface area contributed by atoms with Crippen molar-refractivity contribution >= 4 is 5.91 Å². The van der Waals surface area contributed by atoms with Crippen LogP contribution in [0.3, 0.4) is 0 Å². The number of H-pyrrole nitrogens is 1. The second-order valence-electron chi connectivity index (χ2n) is 5.84. The molecule has 0 aliphatic carbocycles. The number of aromatic amines is 1. The van der Waals surface area contributed by atoms with Crippen molar-refractivity contribution in [1.82, 2.24) is 30.3 Å². The molecule has 1 aromatic carbocycles. The van der Waals surface area contributed by atoms with Gasteiger partial charge in [0, 0.05) is 30.3 Å². The number of nitrogens with one attached hydrogen (secondary N) is 2. The summed E-state index contributed by atoms with van der Waals surface area (Å²) in [5, 5.41) is 10.0. The number of halogens is 2. The zero-order valence-corrected chi connectivity index (χ0v) is 14.4. The van der Waals surface area contributed by atoms with Crippen LogP contribution >= 0.6 is 0 Å². The average molecular weight is 374 g/mol. The van der Waals surface area contributed by atoms with E-state index in [2.05, 4.69) is 25.6 Å². The second-order valence-corrected chi connectivity index (χ2v) is 5.84. The quantitative estimate of drug-likeness (QED) is 0.669. The SMILES string of the molecule is Cc1cc(=O)[nH]c(CCNC(=O)c2cn(Cc3c(F)cccc3F)nn2)n1. The predicted octanol–water partition coefficient (Wildman–Crippen LogP) is 0.969. The van der Waals surface area contributed by atoms with Gasteiger partial charge in [-0.05, 0) is 19.1 Å². The van der Waals surface area contributed by atoms with Gasteiger partial charge in [-0.3, -0.25) is 9.59 Å². The summed E-state index contributed by atoms with van der Waals surface area (Å²) >= 11 is 0. The first-order valence-electron chi connectivity index (χ1n) is 8.10. The van der Waals surface area contributed by atoms with Gasteiger partial charge < -0.3 is 10.3 Å². The van der Waals surface area contributed by atoms with Crippen molar-refractivity contribution in [3.05, 3.63) is 75.2 Å². The number of carbonyl (C=O) groups is 1. The van der Waals surface area contributed by atoms with Crippen molar-refractivity contribution in [2.45, 2.75) is 19.9 Å². The molecule has 0 bridgehead atoms. The highest BCUT2D eigenvalue weighted by molar-refractivity contribution is 5.91. The maximum atomic E-state index is 13.7. The third-order valence-corrected chi connectivity index (χ3v) is 3.72. The third-order valence-electron chi connectivity index (χ3n) is 3.72. The summed E-state index contributed by atoms with van der Waals surface area (Å²) in [5.41, 5.74) is 0.178. The maximum absolute atomic E-state index is 13.7. The number of rotatable bonds is 6. The van der Waals surface area contributed by atoms with E-state index in [0.29, 0.717) is 17.9 Å². The standard InChI is InChI=1S/C17H16F2N6O2/c1-10-7-16(26)22-15(21-10)5-6-20-17(27)14-9-25(24-23-14)8-11-12(18)3-2-4-13(11)19/h2-4,7,9H,5-6,8H2,1H3,(H,20,27)(H,21,22,26). The first-order valence-corrected chi connectivity index (χ1v) is 8.10. The highest BCUT2D eigenvalue weighted by Crippen LogP contribution is 2.13. The van der Waals surface area contributed by atoms with Gasteiger partial charge in [-0.1, -0.05) is 11.3 Å². The Morgan fingerprint density at radius 2 is 2.04 bits per heavy atom. The molecule has 3 aromatic rings. The van der Waals surface area contributed by atoms with Crippen molar-refractivity contribution in [3.63, 3.8) is 0 Å². The molecule has 0 spiro atoms. The summed E-state index contributed by atoms with van der Waals surface area (Å²) in [5.74, 6) is -1.43. The van der Waals surface area contributed by atoms with Crippen LogP contribution in [0.5, 0.6) is 0 Å². The predicted molar refractivity (Wildman–Crippen MR) is 91.1 cm³/mol. The molecule has 2 aromatic heterocycles. The molecule has 0 aliphatic heterocycles. The minimum Gasteiger partial charge on any atom is -0.350 e. The molecule has 0 radical (unpaired) electrons. The van der Waals surface area contributed by atoms with Crippen LogP contribution < -0.4 is 10.9 Å². The summed E-state index contributed by atoms with van der Waals surface area (Å²) in [6.07, 6.45) is 1.63. The Balaban J connectivity index is 1.59. The lowest BCUT2D eigenvalue weighted by Crippen LogP contribution is -2.27. The van der Waals surface area contributed by atoms with E-state index in [-0.39, 0.29) is 29.9 Å². The smallest absolute Gasteiger partial charge is 0.273 e. The summed E-state index contributed by atoms with van der Waals surface area (Å²) in [6.45, 7) is 1.74. The van der Waals surface area contributed by atoms with Gasteiger partial charge in [-0.15, -0.1) is 5.10 Å². The number of aromatic nitrogens is 5. The molecular formula is C17H16F2N6O2. The highest BCUT2D eigenvalue weighted by Gasteiger charge is 2.14. The van der Waals surface area contributed by atoms with Crippen molar-refractivity contribution in [1.29, 1.82) is 0 Å². The van der Waals surface area contributed by atoms with Gasteiger partial charge in [0.05, 0.1) is 12.7 Å². The van der Waals surface area contributed by atoms with Crippen molar-refractivity contribution in [2.24, 2.45) is 0 Å². The lowest BCUT2D eigenvalue weighted by atomic mass is 10.2. The molecule has 10 heteroatoms. The van der Waals surface area contributed by atoms with Crippen LogP contribution in [0.25, 0.3) is 0 Å². The van der Waals surface area contributed by atoms with Crippen LogP contribution in [0, 0.1) is 18.6 Å². The Bertz CT molecular complexity index is 1010. The highest BCUT2D eigenvalue weighted by atomic mass is 19.1. The molecule has 0 aliphatic rings. The van der Waals surface area contributed by atoms with Crippen molar-refractivity contribution < 1.29 is 13.6 Å². The molecular weight excluding hydrogens is 358 g/mol.